The Morgan fingerprint density at radius 1 is 1.21 bits per heavy atom. The van der Waals surface area contributed by atoms with Gasteiger partial charge in [-0.2, -0.15) is 0 Å². The van der Waals surface area contributed by atoms with Gasteiger partial charge in [0.2, 0.25) is 0 Å². The number of methoxy groups -OCH3 is 1. The lowest BCUT2D eigenvalue weighted by molar-refractivity contribution is 0.0183. The van der Waals surface area contributed by atoms with Gasteiger partial charge in [0.1, 0.15) is 11.4 Å². The highest BCUT2D eigenvalue weighted by Crippen LogP contribution is 2.24. The monoisotopic (exact) mass is 333 g/mol. The van der Waals surface area contributed by atoms with Gasteiger partial charge in [-0.3, -0.25) is 4.79 Å². The number of carbonyl (C=O) groups is 2. The number of hydrogen-bond donors (Lipinski definition) is 0. The Morgan fingerprint density at radius 3 is 2.46 bits per heavy atom. The van der Waals surface area contributed by atoms with E-state index in [2.05, 4.69) is 0 Å². The van der Waals surface area contributed by atoms with E-state index in [0.717, 1.165) is 12.8 Å². The van der Waals surface area contributed by atoms with Gasteiger partial charge in [-0.15, -0.1) is 0 Å². The van der Waals surface area contributed by atoms with E-state index in [1.807, 2.05) is 39.0 Å². The van der Waals surface area contributed by atoms with Gasteiger partial charge in [0, 0.05) is 25.1 Å². The van der Waals surface area contributed by atoms with E-state index in [-0.39, 0.29) is 11.9 Å². The van der Waals surface area contributed by atoms with Gasteiger partial charge in [0.05, 0.1) is 7.11 Å². The van der Waals surface area contributed by atoms with Crippen LogP contribution in [0.5, 0.6) is 5.75 Å². The number of likely N-dealkylation sites (tertiary alicyclic amines) is 1. The fourth-order valence-corrected chi connectivity index (χ4v) is 2.82. The van der Waals surface area contributed by atoms with Crippen molar-refractivity contribution in [3.05, 3.63) is 29.8 Å². The summed E-state index contributed by atoms with van der Waals surface area (Å²) in [5, 5.41) is 0. The third-order valence-corrected chi connectivity index (χ3v) is 4.13. The van der Waals surface area contributed by atoms with Crippen LogP contribution in [0.15, 0.2) is 24.3 Å². The van der Waals surface area contributed by atoms with E-state index in [4.69, 9.17) is 9.47 Å². The molecule has 0 N–H and O–H groups in total. The summed E-state index contributed by atoms with van der Waals surface area (Å²) in [5.41, 5.74) is 0.208. The fourth-order valence-electron chi connectivity index (χ4n) is 2.82. The van der Waals surface area contributed by atoms with Crippen molar-refractivity contribution in [2.75, 3.05) is 20.2 Å². The van der Waals surface area contributed by atoms with Crippen molar-refractivity contribution in [3.8, 4) is 5.75 Å². The standard InChI is InChI=1S/C19H27NO4/c1-19(2,3)24-18(22)20-10-8-14(9-11-20)12-17(21)15-6-5-7-16(13-15)23-4/h5-7,13-14H,8-12H2,1-4H3. The predicted octanol–water partition coefficient (Wildman–Crippen LogP) is 3.92. The molecule has 24 heavy (non-hydrogen) atoms. The summed E-state index contributed by atoms with van der Waals surface area (Å²) in [5.74, 6) is 1.13. The third-order valence-electron chi connectivity index (χ3n) is 4.13. The van der Waals surface area contributed by atoms with Crippen molar-refractivity contribution in [2.24, 2.45) is 5.92 Å². The number of hydrogen-bond acceptors (Lipinski definition) is 4. The van der Waals surface area contributed by atoms with E-state index >= 15 is 0 Å². The SMILES string of the molecule is COc1cccc(C(=O)CC2CCN(C(=O)OC(C)(C)C)CC2)c1. The molecule has 0 aliphatic carbocycles. The zero-order valence-corrected chi connectivity index (χ0v) is 15.0. The average molecular weight is 333 g/mol. The average Bonchev–Trinajstić information content (AvgIpc) is 2.54. The molecule has 1 saturated heterocycles. The van der Waals surface area contributed by atoms with Crippen LogP contribution in [-0.2, 0) is 4.74 Å². The molecule has 1 heterocycles. The van der Waals surface area contributed by atoms with E-state index in [0.29, 0.717) is 36.7 Å². The minimum atomic E-state index is -0.476. The van der Waals surface area contributed by atoms with E-state index in [1.54, 1.807) is 18.1 Å². The molecule has 132 valence electrons. The minimum Gasteiger partial charge on any atom is -0.497 e. The second-order valence-electron chi connectivity index (χ2n) is 7.27. The first-order valence-corrected chi connectivity index (χ1v) is 8.43. The van der Waals surface area contributed by atoms with Gasteiger partial charge >= 0.3 is 6.09 Å². The first kappa shape index (κ1) is 18.3. The molecule has 0 bridgehead atoms. The summed E-state index contributed by atoms with van der Waals surface area (Å²) < 4.78 is 10.6. The van der Waals surface area contributed by atoms with Gasteiger partial charge in [-0.1, -0.05) is 12.1 Å². The van der Waals surface area contributed by atoms with Crippen LogP contribution in [0.3, 0.4) is 0 Å². The normalized spacial score (nSPS) is 15.9. The summed E-state index contributed by atoms with van der Waals surface area (Å²) in [7, 11) is 1.59. The highest BCUT2D eigenvalue weighted by molar-refractivity contribution is 5.96. The quantitative estimate of drug-likeness (QED) is 0.784. The van der Waals surface area contributed by atoms with Gasteiger partial charge in [0.15, 0.2) is 5.78 Å². The van der Waals surface area contributed by atoms with E-state index < -0.39 is 5.60 Å². The molecule has 1 fully saturated rings. The first-order valence-electron chi connectivity index (χ1n) is 8.43. The number of carbonyl (C=O) groups excluding carboxylic acids is 2. The van der Waals surface area contributed by atoms with Crippen molar-refractivity contribution in [2.45, 2.75) is 45.6 Å². The molecule has 1 aromatic rings. The van der Waals surface area contributed by atoms with Crippen molar-refractivity contribution in [1.29, 1.82) is 0 Å². The lowest BCUT2D eigenvalue weighted by atomic mass is 9.90. The maximum atomic E-state index is 12.4. The third kappa shape index (κ3) is 5.25. The molecule has 0 unspecified atom stereocenters. The van der Waals surface area contributed by atoms with Crippen LogP contribution in [0.25, 0.3) is 0 Å². The Hall–Kier alpha value is -2.04. The Kier molecular flexibility index (Phi) is 5.86. The maximum Gasteiger partial charge on any atom is 0.410 e. The second kappa shape index (κ2) is 7.69. The van der Waals surface area contributed by atoms with Gasteiger partial charge in [-0.05, 0) is 51.7 Å². The van der Waals surface area contributed by atoms with Crippen molar-refractivity contribution < 1.29 is 19.1 Å². The van der Waals surface area contributed by atoms with Gasteiger partial charge < -0.3 is 14.4 Å². The Morgan fingerprint density at radius 2 is 1.88 bits per heavy atom. The van der Waals surface area contributed by atoms with Crippen LogP contribution >= 0.6 is 0 Å². The molecule has 0 saturated carbocycles. The maximum absolute atomic E-state index is 12.4. The smallest absolute Gasteiger partial charge is 0.410 e. The summed E-state index contributed by atoms with van der Waals surface area (Å²) in [6.45, 7) is 6.88. The molecule has 0 radical (unpaired) electrons. The second-order valence-corrected chi connectivity index (χ2v) is 7.27. The minimum absolute atomic E-state index is 0.129. The summed E-state index contributed by atoms with van der Waals surface area (Å²) in [4.78, 5) is 26.2. The molecule has 2 rings (SSSR count). The highest BCUT2D eigenvalue weighted by Gasteiger charge is 2.27. The summed E-state index contributed by atoms with van der Waals surface area (Å²) >= 11 is 0. The summed E-state index contributed by atoms with van der Waals surface area (Å²) in [6.07, 6.45) is 1.90. The number of ketones is 1. The molecular formula is C19H27NO4. The largest absolute Gasteiger partial charge is 0.497 e. The molecule has 1 aromatic carbocycles. The number of nitrogens with zero attached hydrogens (tertiary/aromatic N) is 1. The van der Waals surface area contributed by atoms with E-state index in [9.17, 15) is 9.59 Å². The number of piperidine rings is 1. The van der Waals surface area contributed by atoms with Crippen molar-refractivity contribution >= 4 is 11.9 Å². The molecule has 0 spiro atoms. The number of benzene rings is 1. The number of Topliss-reactive ketones (excluding diaryl/α,β-unsaturated/α-hetero) is 1. The first-order chi connectivity index (χ1) is 11.3. The van der Waals surface area contributed by atoms with Gasteiger partial charge in [-0.25, -0.2) is 4.79 Å². The molecule has 1 amide bonds. The topological polar surface area (TPSA) is 55.8 Å². The molecule has 0 atom stereocenters. The Labute approximate surface area is 143 Å². The Balaban J connectivity index is 1.84. The molecule has 0 aromatic heterocycles. The number of amides is 1. The fraction of sp³-hybridized carbons (Fsp3) is 0.579. The molecule has 5 nitrogen and oxygen atoms in total. The molecule has 1 aliphatic heterocycles. The van der Waals surface area contributed by atoms with Gasteiger partial charge in [0.25, 0.3) is 0 Å². The zero-order chi connectivity index (χ0) is 17.7. The van der Waals surface area contributed by atoms with Crippen LogP contribution in [0.4, 0.5) is 4.79 Å². The predicted molar refractivity (Wildman–Crippen MR) is 92.5 cm³/mol. The van der Waals surface area contributed by atoms with Crippen LogP contribution in [0.1, 0.15) is 50.4 Å². The van der Waals surface area contributed by atoms with Crippen molar-refractivity contribution in [3.63, 3.8) is 0 Å². The van der Waals surface area contributed by atoms with Crippen LogP contribution in [0.2, 0.25) is 0 Å². The zero-order valence-electron chi connectivity index (χ0n) is 15.0. The molecule has 1 aliphatic rings. The van der Waals surface area contributed by atoms with E-state index in [1.165, 1.54) is 0 Å². The molecular weight excluding hydrogens is 306 g/mol. The van der Waals surface area contributed by atoms with Crippen molar-refractivity contribution in [1.82, 2.24) is 4.90 Å². The Bertz CT molecular complexity index is 583. The lowest BCUT2D eigenvalue weighted by Gasteiger charge is -2.33. The van der Waals surface area contributed by atoms with Crippen LogP contribution in [0, 0.1) is 5.92 Å². The van der Waals surface area contributed by atoms with Crippen LogP contribution in [-0.4, -0.2) is 42.6 Å². The number of rotatable bonds is 4. The van der Waals surface area contributed by atoms with Crippen LogP contribution < -0.4 is 4.74 Å². The summed E-state index contributed by atoms with van der Waals surface area (Å²) in [6, 6.07) is 7.26. The lowest BCUT2D eigenvalue weighted by Crippen LogP contribution is -2.42. The molecule has 5 heteroatoms. The highest BCUT2D eigenvalue weighted by atomic mass is 16.6. The number of ether oxygens (including phenoxy) is 2.